The van der Waals surface area contributed by atoms with Crippen LogP contribution >= 0.6 is 0 Å². The fourth-order valence-corrected chi connectivity index (χ4v) is 0.468. The second-order valence-corrected chi connectivity index (χ2v) is 3.27. The van der Waals surface area contributed by atoms with Crippen LogP contribution in [0, 0.1) is 0 Å². The van der Waals surface area contributed by atoms with Crippen molar-refractivity contribution in [2.24, 2.45) is 4.99 Å². The van der Waals surface area contributed by atoms with Crippen LogP contribution in [0.3, 0.4) is 0 Å². The molecule has 0 spiro atoms. The van der Waals surface area contributed by atoms with Gasteiger partial charge in [0.1, 0.15) is 0 Å². The Labute approximate surface area is 58.2 Å². The maximum absolute atomic E-state index is 4.32. The molecular weight excluding hydrogens is 110 g/mol. The average molecular weight is 127 g/mol. The van der Waals surface area contributed by atoms with Crippen molar-refractivity contribution in [3.05, 3.63) is 0 Å². The van der Waals surface area contributed by atoms with E-state index in [0.29, 0.717) is 0 Å². The molecule has 0 aliphatic carbocycles. The van der Waals surface area contributed by atoms with E-state index < -0.39 is 0 Å². The van der Waals surface area contributed by atoms with Gasteiger partial charge in [0.05, 0.1) is 5.54 Å². The highest BCUT2D eigenvalue weighted by molar-refractivity contribution is 5.57. The number of aliphatic imine (C=N–C) groups is 1. The highest BCUT2D eigenvalue weighted by Gasteiger charge is 2.03. The molecular formula is C8H17N. The summed E-state index contributed by atoms with van der Waals surface area (Å²) in [4.78, 5) is 4.32. The first-order valence-corrected chi connectivity index (χ1v) is 3.60. The highest BCUT2D eigenvalue weighted by Crippen LogP contribution is 2.04. The second-order valence-electron chi connectivity index (χ2n) is 3.27. The zero-order valence-electron chi connectivity index (χ0n) is 6.94. The minimum Gasteiger partial charge on any atom is -0.292 e. The van der Waals surface area contributed by atoms with Gasteiger partial charge in [-0.3, -0.25) is 4.99 Å². The molecule has 0 aromatic rings. The number of nitrogens with zero attached hydrogens (tertiary/aromatic N) is 1. The molecule has 54 valence electrons. The number of rotatable bonds is 2. The summed E-state index contributed by atoms with van der Waals surface area (Å²) in [5.41, 5.74) is 0.120. The summed E-state index contributed by atoms with van der Waals surface area (Å²) < 4.78 is 0. The largest absolute Gasteiger partial charge is 0.292 e. The minimum atomic E-state index is 0.120. The van der Waals surface area contributed by atoms with Crippen LogP contribution in [0.2, 0.25) is 0 Å². The summed E-state index contributed by atoms with van der Waals surface area (Å²) in [5, 5.41) is 0. The van der Waals surface area contributed by atoms with Crippen molar-refractivity contribution in [2.75, 3.05) is 0 Å². The lowest BCUT2D eigenvalue weighted by Gasteiger charge is -2.10. The summed E-state index contributed by atoms with van der Waals surface area (Å²) in [6.45, 7) is 8.49. The number of hydrogen-bond donors (Lipinski definition) is 0. The van der Waals surface area contributed by atoms with Crippen molar-refractivity contribution in [3.8, 4) is 0 Å². The van der Waals surface area contributed by atoms with Gasteiger partial charge in [0, 0.05) is 0 Å². The molecule has 0 aromatic carbocycles. The van der Waals surface area contributed by atoms with E-state index in [2.05, 4.69) is 32.7 Å². The monoisotopic (exact) mass is 127 g/mol. The van der Waals surface area contributed by atoms with Crippen molar-refractivity contribution in [1.29, 1.82) is 0 Å². The molecule has 1 heteroatoms. The van der Waals surface area contributed by atoms with E-state index in [9.17, 15) is 0 Å². The zero-order valence-corrected chi connectivity index (χ0v) is 6.94. The number of unbranched alkanes of at least 4 members (excludes halogenated alkanes) is 1. The van der Waals surface area contributed by atoms with E-state index in [4.69, 9.17) is 0 Å². The van der Waals surface area contributed by atoms with Crippen LogP contribution in [0.15, 0.2) is 4.99 Å². The van der Waals surface area contributed by atoms with Gasteiger partial charge in [0.25, 0.3) is 0 Å². The quantitative estimate of drug-likeness (QED) is 0.506. The van der Waals surface area contributed by atoms with Gasteiger partial charge in [-0.15, -0.1) is 0 Å². The van der Waals surface area contributed by atoms with Gasteiger partial charge in [-0.2, -0.15) is 0 Å². The molecule has 1 nitrogen and oxygen atoms in total. The average Bonchev–Trinajstić information content (AvgIpc) is 1.63. The Hall–Kier alpha value is -0.330. The molecule has 0 aliphatic heterocycles. The minimum absolute atomic E-state index is 0.120. The Morgan fingerprint density at radius 1 is 1.33 bits per heavy atom. The molecule has 0 aromatic heterocycles. The number of hydrogen-bond acceptors (Lipinski definition) is 1. The van der Waals surface area contributed by atoms with Gasteiger partial charge in [-0.05, 0) is 33.4 Å². The Morgan fingerprint density at radius 3 is 2.22 bits per heavy atom. The zero-order chi connectivity index (χ0) is 7.33. The van der Waals surface area contributed by atoms with Gasteiger partial charge in [0.2, 0.25) is 0 Å². The molecule has 0 bridgehead atoms. The molecule has 0 saturated carbocycles. The lowest BCUT2D eigenvalue weighted by Crippen LogP contribution is -2.09. The van der Waals surface area contributed by atoms with Gasteiger partial charge in [0.15, 0.2) is 0 Å². The smallest absolute Gasteiger partial charge is 0.0520 e. The fraction of sp³-hybridized carbons (Fsp3) is 0.875. The van der Waals surface area contributed by atoms with Crippen molar-refractivity contribution in [3.63, 3.8) is 0 Å². The molecule has 0 radical (unpaired) electrons. The summed E-state index contributed by atoms with van der Waals surface area (Å²) in [5.74, 6) is 0. The third-order valence-corrected chi connectivity index (χ3v) is 0.896. The van der Waals surface area contributed by atoms with E-state index in [-0.39, 0.29) is 5.54 Å². The Morgan fingerprint density at radius 2 is 1.89 bits per heavy atom. The normalized spacial score (nSPS) is 12.9. The predicted octanol–water partition coefficient (Wildman–Crippen LogP) is 2.66. The van der Waals surface area contributed by atoms with E-state index in [1.165, 1.54) is 6.42 Å². The van der Waals surface area contributed by atoms with Crippen LogP contribution in [0.1, 0.15) is 40.5 Å². The SMILES string of the molecule is CCCC=NC(C)(C)C. The van der Waals surface area contributed by atoms with E-state index in [1.807, 2.05) is 6.21 Å². The first kappa shape index (κ1) is 8.67. The maximum Gasteiger partial charge on any atom is 0.0520 e. The lowest BCUT2D eigenvalue weighted by molar-refractivity contribution is 0.584. The van der Waals surface area contributed by atoms with Crippen LogP contribution < -0.4 is 0 Å². The van der Waals surface area contributed by atoms with Crippen LogP contribution in [0.4, 0.5) is 0 Å². The molecule has 0 amide bonds. The summed E-state index contributed by atoms with van der Waals surface area (Å²) in [7, 11) is 0. The Bertz CT molecular complexity index is 87.2. The van der Waals surface area contributed by atoms with Gasteiger partial charge in [-0.1, -0.05) is 13.3 Å². The Balaban J connectivity index is 3.45. The molecule has 0 rings (SSSR count). The summed E-state index contributed by atoms with van der Waals surface area (Å²) >= 11 is 0. The molecule has 0 N–H and O–H groups in total. The second kappa shape index (κ2) is 3.65. The van der Waals surface area contributed by atoms with E-state index in [1.54, 1.807) is 0 Å². The van der Waals surface area contributed by atoms with Crippen molar-refractivity contribution < 1.29 is 0 Å². The maximum atomic E-state index is 4.32. The lowest BCUT2D eigenvalue weighted by atomic mass is 10.1. The van der Waals surface area contributed by atoms with E-state index >= 15 is 0 Å². The van der Waals surface area contributed by atoms with Crippen molar-refractivity contribution in [2.45, 2.75) is 46.1 Å². The highest BCUT2D eigenvalue weighted by atomic mass is 14.8. The van der Waals surface area contributed by atoms with Gasteiger partial charge >= 0.3 is 0 Å². The van der Waals surface area contributed by atoms with Gasteiger partial charge in [-0.25, -0.2) is 0 Å². The topological polar surface area (TPSA) is 12.4 Å². The Kier molecular flexibility index (Phi) is 3.52. The van der Waals surface area contributed by atoms with Crippen LogP contribution in [0.25, 0.3) is 0 Å². The molecule has 0 fully saturated rings. The standard InChI is InChI=1S/C8H17N/c1-5-6-7-9-8(2,3)4/h7H,5-6H2,1-4H3. The fourth-order valence-electron chi connectivity index (χ4n) is 0.468. The molecule has 0 heterocycles. The van der Waals surface area contributed by atoms with Crippen LogP contribution in [-0.4, -0.2) is 11.8 Å². The first-order valence-electron chi connectivity index (χ1n) is 3.60. The molecule has 0 saturated heterocycles. The predicted molar refractivity (Wildman–Crippen MR) is 43.2 cm³/mol. The van der Waals surface area contributed by atoms with Gasteiger partial charge < -0.3 is 0 Å². The van der Waals surface area contributed by atoms with E-state index in [0.717, 1.165) is 6.42 Å². The molecule has 9 heavy (non-hydrogen) atoms. The molecule has 0 unspecified atom stereocenters. The van der Waals surface area contributed by atoms with Crippen LogP contribution in [-0.2, 0) is 0 Å². The van der Waals surface area contributed by atoms with Crippen molar-refractivity contribution in [1.82, 2.24) is 0 Å². The van der Waals surface area contributed by atoms with Crippen molar-refractivity contribution >= 4 is 6.21 Å². The first-order chi connectivity index (χ1) is 4.06. The third-order valence-electron chi connectivity index (χ3n) is 0.896. The van der Waals surface area contributed by atoms with Crippen LogP contribution in [0.5, 0.6) is 0 Å². The third kappa shape index (κ3) is 7.67. The summed E-state index contributed by atoms with van der Waals surface area (Å²) in [6, 6.07) is 0. The molecule has 0 atom stereocenters. The summed E-state index contributed by atoms with van der Waals surface area (Å²) in [6.07, 6.45) is 4.32. The molecule has 0 aliphatic rings.